The molecule has 0 aliphatic heterocycles. The molecule has 3 heteroatoms. The first-order valence-electron chi connectivity index (χ1n) is 6.51. The van der Waals surface area contributed by atoms with Crippen LogP contribution in [0.5, 0.6) is 0 Å². The quantitative estimate of drug-likeness (QED) is 0.799. The first-order chi connectivity index (χ1) is 8.81. The fourth-order valence-electron chi connectivity index (χ4n) is 2.16. The maximum absolute atomic E-state index is 4.84. The van der Waals surface area contributed by atoms with Gasteiger partial charge in [-0.25, -0.2) is 4.98 Å². The van der Waals surface area contributed by atoms with Crippen molar-refractivity contribution in [2.24, 2.45) is 0 Å². The fraction of sp³-hybridized carbons (Fsp3) is 0.400. The predicted molar refractivity (Wildman–Crippen MR) is 81.6 cm³/mol. The van der Waals surface area contributed by atoms with Crippen LogP contribution in [0.1, 0.15) is 41.8 Å². The molecule has 0 spiro atoms. The highest BCUT2D eigenvalue weighted by Gasteiger charge is 2.29. The molecular weight excluding hydrogens is 258 g/mol. The van der Waals surface area contributed by atoms with Gasteiger partial charge in [0, 0.05) is 22.1 Å². The lowest BCUT2D eigenvalue weighted by atomic mass is 10.1. The van der Waals surface area contributed by atoms with E-state index in [0.717, 1.165) is 17.2 Å². The molecule has 1 aliphatic carbocycles. The van der Waals surface area contributed by atoms with E-state index in [2.05, 4.69) is 43.8 Å². The third-order valence-corrected chi connectivity index (χ3v) is 5.09. The van der Waals surface area contributed by atoms with Crippen molar-refractivity contribution in [3.63, 3.8) is 0 Å². The molecule has 2 aromatic rings. The van der Waals surface area contributed by atoms with Crippen molar-refractivity contribution in [3.05, 3.63) is 40.4 Å². The van der Waals surface area contributed by atoms with E-state index in [1.165, 1.54) is 34.5 Å². The molecule has 1 aliphatic rings. The first-order valence-corrected chi connectivity index (χ1v) is 7.96. The summed E-state index contributed by atoms with van der Waals surface area (Å²) in [6.07, 6.45) is 3.70. The Balaban J connectivity index is 1.95. The summed E-state index contributed by atoms with van der Waals surface area (Å²) in [6.45, 7) is 2.18. The van der Waals surface area contributed by atoms with Crippen LogP contribution in [0, 0.1) is 0 Å². The summed E-state index contributed by atoms with van der Waals surface area (Å²) >= 11 is 6.24. The maximum Gasteiger partial charge on any atom is 0.123 e. The Morgan fingerprint density at radius 1 is 1.28 bits per heavy atom. The van der Waals surface area contributed by atoms with Gasteiger partial charge in [-0.3, -0.25) is 0 Å². The molecule has 0 atom stereocenters. The van der Waals surface area contributed by atoms with Crippen LogP contribution in [0.4, 0.5) is 0 Å². The second-order valence-corrected chi connectivity index (χ2v) is 6.21. The average Bonchev–Trinajstić information content (AvgIpc) is 3.18. The second-order valence-electron chi connectivity index (χ2n) is 4.81. The molecule has 0 radical (unpaired) electrons. The number of hydrogen-bond donors (Lipinski definition) is 1. The van der Waals surface area contributed by atoms with Crippen LogP contribution in [0.3, 0.4) is 0 Å². The first kappa shape index (κ1) is 12.2. The second kappa shape index (κ2) is 5.06. The highest BCUT2D eigenvalue weighted by molar-refractivity contribution is 7.79. The lowest BCUT2D eigenvalue weighted by Crippen LogP contribution is -1.85. The molecule has 0 bridgehead atoms. The molecule has 18 heavy (non-hydrogen) atoms. The molecule has 0 saturated heterocycles. The van der Waals surface area contributed by atoms with E-state index in [4.69, 9.17) is 4.98 Å². The monoisotopic (exact) mass is 275 g/mol. The van der Waals surface area contributed by atoms with Gasteiger partial charge in [-0.05, 0) is 24.8 Å². The zero-order chi connectivity index (χ0) is 12.5. The number of nitrogens with zero attached hydrogens (tertiary/aromatic N) is 1. The van der Waals surface area contributed by atoms with Gasteiger partial charge in [-0.2, -0.15) is 12.6 Å². The van der Waals surface area contributed by atoms with Crippen molar-refractivity contribution >= 4 is 24.0 Å². The van der Waals surface area contributed by atoms with Crippen LogP contribution in [0.15, 0.2) is 24.3 Å². The molecule has 1 aromatic heterocycles. The number of benzene rings is 1. The minimum Gasteiger partial charge on any atom is -0.240 e. The number of thiol groups is 1. The summed E-state index contributed by atoms with van der Waals surface area (Å²) in [5.41, 5.74) is 3.93. The third-order valence-electron chi connectivity index (χ3n) is 3.44. The summed E-state index contributed by atoms with van der Waals surface area (Å²) in [5, 5.41) is 1.16. The number of rotatable bonds is 4. The highest BCUT2D eigenvalue weighted by atomic mass is 32.1. The van der Waals surface area contributed by atoms with Gasteiger partial charge in [0.05, 0.1) is 5.69 Å². The maximum atomic E-state index is 4.84. The van der Waals surface area contributed by atoms with Gasteiger partial charge in [0.25, 0.3) is 0 Å². The van der Waals surface area contributed by atoms with Gasteiger partial charge in [0.2, 0.25) is 0 Å². The van der Waals surface area contributed by atoms with Gasteiger partial charge in [-0.15, -0.1) is 11.3 Å². The molecular formula is C15H17NS2. The zero-order valence-electron chi connectivity index (χ0n) is 10.5. The Bertz CT molecular complexity index is 538. The molecule has 1 saturated carbocycles. The molecule has 1 fully saturated rings. The topological polar surface area (TPSA) is 12.9 Å². The van der Waals surface area contributed by atoms with Crippen molar-refractivity contribution in [1.82, 2.24) is 4.98 Å². The summed E-state index contributed by atoms with van der Waals surface area (Å²) in [5.74, 6) is 1.53. The van der Waals surface area contributed by atoms with E-state index in [0.29, 0.717) is 5.92 Å². The predicted octanol–water partition coefficient (Wildman–Crippen LogP) is 4.68. The Morgan fingerprint density at radius 3 is 2.56 bits per heavy atom. The van der Waals surface area contributed by atoms with Crippen LogP contribution in [0.2, 0.25) is 0 Å². The highest BCUT2D eigenvalue weighted by Crippen LogP contribution is 2.44. The molecule has 1 nitrogen and oxygen atoms in total. The minimum absolute atomic E-state index is 0.715. The Kier molecular flexibility index (Phi) is 3.44. The molecule has 3 rings (SSSR count). The van der Waals surface area contributed by atoms with E-state index in [1.807, 2.05) is 0 Å². The summed E-state index contributed by atoms with van der Waals surface area (Å²) in [6, 6.07) is 8.79. The van der Waals surface area contributed by atoms with E-state index >= 15 is 0 Å². The minimum atomic E-state index is 0.715. The summed E-state index contributed by atoms with van der Waals surface area (Å²) < 4.78 is 0. The average molecular weight is 275 g/mol. The standard InChI is InChI=1S/C15H17NS2/c1-2-10-3-5-12(6-4-10)15-16-14(11-7-8-11)13(9-17)18-15/h3-6,11,17H,2,7-9H2,1H3. The Hall–Kier alpha value is -0.800. The summed E-state index contributed by atoms with van der Waals surface area (Å²) in [7, 11) is 0. The van der Waals surface area contributed by atoms with Crippen LogP contribution in [-0.4, -0.2) is 4.98 Å². The van der Waals surface area contributed by atoms with Crippen LogP contribution >= 0.6 is 24.0 Å². The van der Waals surface area contributed by atoms with E-state index in [1.54, 1.807) is 11.3 Å². The smallest absolute Gasteiger partial charge is 0.123 e. The van der Waals surface area contributed by atoms with Crippen molar-refractivity contribution in [2.45, 2.75) is 37.9 Å². The SMILES string of the molecule is CCc1ccc(-c2nc(C3CC3)c(CS)s2)cc1. The number of thiazole rings is 1. The lowest BCUT2D eigenvalue weighted by Gasteiger charge is -1.98. The fourth-order valence-corrected chi connectivity index (χ4v) is 3.53. The lowest BCUT2D eigenvalue weighted by molar-refractivity contribution is 1.03. The number of hydrogen-bond acceptors (Lipinski definition) is 3. The van der Waals surface area contributed by atoms with E-state index < -0.39 is 0 Å². The van der Waals surface area contributed by atoms with Gasteiger partial charge in [0.15, 0.2) is 0 Å². The normalized spacial score (nSPS) is 15.0. The molecule has 94 valence electrons. The van der Waals surface area contributed by atoms with Crippen LogP contribution in [-0.2, 0) is 12.2 Å². The van der Waals surface area contributed by atoms with Crippen molar-refractivity contribution < 1.29 is 0 Å². The van der Waals surface area contributed by atoms with Gasteiger partial charge in [-0.1, -0.05) is 31.2 Å². The van der Waals surface area contributed by atoms with E-state index in [-0.39, 0.29) is 0 Å². The van der Waals surface area contributed by atoms with Crippen molar-refractivity contribution in [2.75, 3.05) is 0 Å². The number of aryl methyl sites for hydroxylation is 1. The summed E-state index contributed by atoms with van der Waals surface area (Å²) in [4.78, 5) is 6.20. The molecule has 1 aromatic carbocycles. The Labute approximate surface area is 118 Å². The molecule has 0 amide bonds. The van der Waals surface area contributed by atoms with Crippen molar-refractivity contribution in [1.29, 1.82) is 0 Å². The van der Waals surface area contributed by atoms with Crippen LogP contribution in [0.25, 0.3) is 10.6 Å². The Morgan fingerprint density at radius 2 is 2.00 bits per heavy atom. The molecule has 0 N–H and O–H groups in total. The van der Waals surface area contributed by atoms with E-state index in [9.17, 15) is 0 Å². The molecule has 1 heterocycles. The largest absolute Gasteiger partial charge is 0.240 e. The van der Waals surface area contributed by atoms with Gasteiger partial charge >= 0.3 is 0 Å². The van der Waals surface area contributed by atoms with Gasteiger partial charge < -0.3 is 0 Å². The van der Waals surface area contributed by atoms with Gasteiger partial charge in [0.1, 0.15) is 5.01 Å². The third kappa shape index (κ3) is 2.34. The van der Waals surface area contributed by atoms with Crippen LogP contribution < -0.4 is 0 Å². The number of aromatic nitrogens is 1. The molecule has 0 unspecified atom stereocenters. The zero-order valence-corrected chi connectivity index (χ0v) is 12.2. The van der Waals surface area contributed by atoms with Crippen molar-refractivity contribution in [3.8, 4) is 10.6 Å².